The minimum atomic E-state index is -0.395. The second kappa shape index (κ2) is 8.57. The van der Waals surface area contributed by atoms with E-state index in [9.17, 15) is 9.59 Å². The molecule has 0 radical (unpaired) electrons. The smallest absolute Gasteiger partial charge is 0.254 e. The van der Waals surface area contributed by atoms with Gasteiger partial charge >= 0.3 is 0 Å². The summed E-state index contributed by atoms with van der Waals surface area (Å²) in [5.41, 5.74) is 0.662. The van der Waals surface area contributed by atoms with Gasteiger partial charge in [-0.25, -0.2) is 0 Å². The predicted molar refractivity (Wildman–Crippen MR) is 107 cm³/mol. The van der Waals surface area contributed by atoms with Gasteiger partial charge in [0.15, 0.2) is 11.5 Å². The summed E-state index contributed by atoms with van der Waals surface area (Å²) in [6.45, 7) is 5.64. The van der Waals surface area contributed by atoms with Crippen LogP contribution in [-0.4, -0.2) is 55.7 Å². The van der Waals surface area contributed by atoms with Gasteiger partial charge in [-0.15, -0.1) is 12.4 Å². The monoisotopic (exact) mass is 409 g/mol. The molecule has 2 fully saturated rings. The number of hydrogen-bond donors (Lipinski definition) is 2. The van der Waals surface area contributed by atoms with Crippen LogP contribution >= 0.6 is 12.4 Å². The van der Waals surface area contributed by atoms with Gasteiger partial charge in [0, 0.05) is 18.7 Å². The Hall–Kier alpha value is -1.99. The standard InChI is InChI=1S/C20H27N3O4.ClH/c1-20(6-8-21-9-7-20)12-22-18(24)15-3-2-10-23(15)19(25)14-4-5-16-17(11-14)27-13-26-16;/h4-5,11,15,21H,2-3,6-10,12-13H2,1H3,(H,22,24);1H. The number of likely N-dealkylation sites (tertiary alicyclic amines) is 1. The number of benzene rings is 1. The quantitative estimate of drug-likeness (QED) is 0.794. The van der Waals surface area contributed by atoms with Crippen molar-refractivity contribution in [2.45, 2.75) is 38.6 Å². The van der Waals surface area contributed by atoms with Crippen molar-refractivity contribution < 1.29 is 19.1 Å². The molecule has 1 aromatic rings. The van der Waals surface area contributed by atoms with Crippen molar-refractivity contribution in [3.63, 3.8) is 0 Å². The number of nitrogens with zero attached hydrogens (tertiary/aromatic N) is 1. The first kappa shape index (κ1) is 20.7. The molecule has 2 N–H and O–H groups in total. The number of ether oxygens (including phenoxy) is 2. The molecule has 3 heterocycles. The molecule has 0 spiro atoms. The molecule has 2 saturated heterocycles. The molecule has 1 unspecified atom stereocenters. The average Bonchev–Trinajstić information content (AvgIpc) is 3.35. The molecule has 1 aromatic carbocycles. The molecule has 4 rings (SSSR count). The van der Waals surface area contributed by atoms with Gasteiger partial charge in [-0.05, 0) is 62.4 Å². The van der Waals surface area contributed by atoms with Crippen LogP contribution in [0.5, 0.6) is 11.5 Å². The Morgan fingerprint density at radius 2 is 2.00 bits per heavy atom. The Labute approximate surface area is 171 Å². The van der Waals surface area contributed by atoms with Gasteiger partial charge in [-0.2, -0.15) is 0 Å². The first-order valence-electron chi connectivity index (χ1n) is 9.75. The highest BCUT2D eigenvalue weighted by atomic mass is 35.5. The summed E-state index contributed by atoms with van der Waals surface area (Å²) < 4.78 is 10.7. The van der Waals surface area contributed by atoms with E-state index in [0.29, 0.717) is 36.6 Å². The third-order valence-electron chi connectivity index (χ3n) is 5.94. The lowest BCUT2D eigenvalue weighted by molar-refractivity contribution is -0.125. The average molecular weight is 410 g/mol. The van der Waals surface area contributed by atoms with E-state index in [0.717, 1.165) is 32.4 Å². The van der Waals surface area contributed by atoms with E-state index in [-0.39, 0.29) is 36.4 Å². The highest BCUT2D eigenvalue weighted by molar-refractivity contribution is 5.98. The van der Waals surface area contributed by atoms with Crippen LogP contribution in [0, 0.1) is 5.41 Å². The number of halogens is 1. The maximum Gasteiger partial charge on any atom is 0.254 e. The molecule has 0 bridgehead atoms. The third kappa shape index (κ3) is 4.20. The van der Waals surface area contributed by atoms with E-state index in [1.807, 2.05) is 0 Å². The molecule has 7 nitrogen and oxygen atoms in total. The number of fused-ring (bicyclic) bond motifs is 1. The van der Waals surface area contributed by atoms with Crippen LogP contribution in [0.15, 0.2) is 18.2 Å². The number of piperidine rings is 1. The number of carbonyl (C=O) groups excluding carboxylic acids is 2. The van der Waals surface area contributed by atoms with Crippen LogP contribution in [0.1, 0.15) is 43.0 Å². The van der Waals surface area contributed by atoms with Crippen molar-refractivity contribution in [1.82, 2.24) is 15.5 Å². The van der Waals surface area contributed by atoms with Crippen molar-refractivity contribution in [1.29, 1.82) is 0 Å². The first-order valence-corrected chi connectivity index (χ1v) is 9.75. The molecule has 3 aliphatic rings. The van der Waals surface area contributed by atoms with Gasteiger partial charge in [0.2, 0.25) is 12.7 Å². The van der Waals surface area contributed by atoms with E-state index < -0.39 is 6.04 Å². The van der Waals surface area contributed by atoms with Gasteiger partial charge in [-0.3, -0.25) is 9.59 Å². The second-order valence-corrected chi connectivity index (χ2v) is 8.00. The Bertz CT molecular complexity index is 736. The predicted octanol–water partition coefficient (Wildman–Crippen LogP) is 1.95. The van der Waals surface area contributed by atoms with Crippen molar-refractivity contribution in [3.8, 4) is 11.5 Å². The number of carbonyl (C=O) groups is 2. The Balaban J connectivity index is 0.00000225. The summed E-state index contributed by atoms with van der Waals surface area (Å²) in [5, 5.41) is 6.46. The van der Waals surface area contributed by atoms with E-state index >= 15 is 0 Å². The lowest BCUT2D eigenvalue weighted by atomic mass is 9.81. The number of nitrogens with one attached hydrogen (secondary N) is 2. The number of amides is 2. The molecular formula is C20H28ClN3O4. The van der Waals surface area contributed by atoms with E-state index in [2.05, 4.69) is 17.6 Å². The van der Waals surface area contributed by atoms with Crippen molar-refractivity contribution in [2.24, 2.45) is 5.41 Å². The maximum atomic E-state index is 13.0. The fourth-order valence-electron chi connectivity index (χ4n) is 4.10. The van der Waals surface area contributed by atoms with Crippen LogP contribution in [0.4, 0.5) is 0 Å². The third-order valence-corrected chi connectivity index (χ3v) is 5.94. The largest absolute Gasteiger partial charge is 0.454 e. The first-order chi connectivity index (χ1) is 13.1. The molecule has 0 aliphatic carbocycles. The lowest BCUT2D eigenvalue weighted by Crippen LogP contribution is -2.49. The summed E-state index contributed by atoms with van der Waals surface area (Å²) >= 11 is 0. The van der Waals surface area contributed by atoms with Crippen molar-refractivity contribution >= 4 is 24.2 Å². The Kier molecular flexibility index (Phi) is 6.35. The minimum absolute atomic E-state index is 0. The highest BCUT2D eigenvalue weighted by Gasteiger charge is 2.36. The molecule has 1 atom stereocenters. The lowest BCUT2D eigenvalue weighted by Gasteiger charge is -2.35. The fraction of sp³-hybridized carbons (Fsp3) is 0.600. The summed E-state index contributed by atoms with van der Waals surface area (Å²) in [4.78, 5) is 27.5. The zero-order valence-electron chi connectivity index (χ0n) is 16.2. The molecular weight excluding hydrogens is 382 g/mol. The number of hydrogen-bond acceptors (Lipinski definition) is 5. The molecule has 154 valence electrons. The van der Waals surface area contributed by atoms with Gasteiger partial charge in [0.1, 0.15) is 6.04 Å². The molecule has 28 heavy (non-hydrogen) atoms. The topological polar surface area (TPSA) is 79.9 Å². The van der Waals surface area contributed by atoms with Gasteiger partial charge in [0.05, 0.1) is 0 Å². The van der Waals surface area contributed by atoms with Crippen LogP contribution in [0.25, 0.3) is 0 Å². The van der Waals surface area contributed by atoms with Crippen LogP contribution in [0.3, 0.4) is 0 Å². The van der Waals surface area contributed by atoms with Gasteiger partial charge in [0.25, 0.3) is 5.91 Å². The summed E-state index contributed by atoms with van der Waals surface area (Å²) in [5.74, 6) is 1.07. The summed E-state index contributed by atoms with van der Waals surface area (Å²) in [7, 11) is 0. The van der Waals surface area contributed by atoms with Gasteiger partial charge < -0.3 is 25.0 Å². The second-order valence-electron chi connectivity index (χ2n) is 8.00. The molecule has 2 amide bonds. The zero-order chi connectivity index (χ0) is 18.9. The molecule has 0 saturated carbocycles. The Morgan fingerprint density at radius 3 is 2.79 bits per heavy atom. The summed E-state index contributed by atoms with van der Waals surface area (Å²) in [6.07, 6.45) is 3.66. The fourth-order valence-corrected chi connectivity index (χ4v) is 4.10. The SMILES string of the molecule is CC1(CNC(=O)C2CCCN2C(=O)c2ccc3c(c2)OCO3)CCNCC1.Cl. The minimum Gasteiger partial charge on any atom is -0.454 e. The van der Waals surface area contributed by atoms with E-state index in [4.69, 9.17) is 9.47 Å². The van der Waals surface area contributed by atoms with Crippen molar-refractivity contribution in [2.75, 3.05) is 33.0 Å². The van der Waals surface area contributed by atoms with E-state index in [1.165, 1.54) is 0 Å². The van der Waals surface area contributed by atoms with Gasteiger partial charge in [-0.1, -0.05) is 6.92 Å². The zero-order valence-corrected chi connectivity index (χ0v) is 17.0. The molecule has 0 aromatic heterocycles. The van der Waals surface area contributed by atoms with E-state index in [1.54, 1.807) is 23.1 Å². The molecule has 8 heteroatoms. The normalized spacial score (nSPS) is 22.5. The van der Waals surface area contributed by atoms with Crippen LogP contribution < -0.4 is 20.1 Å². The Morgan fingerprint density at radius 1 is 1.25 bits per heavy atom. The molecule has 3 aliphatic heterocycles. The van der Waals surface area contributed by atoms with Crippen LogP contribution in [-0.2, 0) is 4.79 Å². The number of rotatable bonds is 4. The summed E-state index contributed by atoms with van der Waals surface area (Å²) in [6, 6.07) is 4.79. The highest BCUT2D eigenvalue weighted by Crippen LogP contribution is 2.33. The van der Waals surface area contributed by atoms with Crippen LogP contribution in [0.2, 0.25) is 0 Å². The van der Waals surface area contributed by atoms with Crippen molar-refractivity contribution in [3.05, 3.63) is 23.8 Å². The maximum absolute atomic E-state index is 13.0.